The summed E-state index contributed by atoms with van der Waals surface area (Å²) in [6.07, 6.45) is 1.42. The quantitative estimate of drug-likeness (QED) is 0.428. The summed E-state index contributed by atoms with van der Waals surface area (Å²) in [4.78, 5) is 27.3. The highest BCUT2D eigenvalue weighted by atomic mass is 32.2. The van der Waals surface area contributed by atoms with Crippen molar-refractivity contribution in [3.63, 3.8) is 0 Å². The lowest BCUT2D eigenvalue weighted by Crippen LogP contribution is -2.31. The fourth-order valence-electron chi connectivity index (χ4n) is 4.91. The largest absolute Gasteiger partial charge is 0.367 e. The molecule has 1 unspecified atom stereocenters. The van der Waals surface area contributed by atoms with Gasteiger partial charge in [-0.2, -0.15) is 0 Å². The van der Waals surface area contributed by atoms with Gasteiger partial charge in [0, 0.05) is 42.7 Å². The Morgan fingerprint density at radius 3 is 2.19 bits per heavy atom. The molecule has 37 heavy (non-hydrogen) atoms. The predicted molar refractivity (Wildman–Crippen MR) is 147 cm³/mol. The van der Waals surface area contributed by atoms with Crippen LogP contribution in [-0.4, -0.2) is 38.4 Å². The number of amides is 1. The van der Waals surface area contributed by atoms with Gasteiger partial charge in [-0.05, 0) is 67.8 Å². The van der Waals surface area contributed by atoms with Crippen LogP contribution in [0.25, 0.3) is 0 Å². The molecule has 4 rings (SSSR count). The third-order valence-corrected chi connectivity index (χ3v) is 8.81. The monoisotopic (exact) mass is 518 g/mol. The fraction of sp³-hybridized carbons (Fsp3) is 0.333. The number of carbonyl (C=O) groups excluding carboxylic acids is 2. The summed E-state index contributed by atoms with van der Waals surface area (Å²) in [5, 5.41) is 2.90. The van der Waals surface area contributed by atoms with Crippen molar-refractivity contribution in [1.82, 2.24) is 5.32 Å². The lowest BCUT2D eigenvalue weighted by molar-refractivity contribution is -0.117. The van der Waals surface area contributed by atoms with Gasteiger partial charge in [0.1, 0.15) is 5.78 Å². The number of nitrogens with one attached hydrogen (secondary N) is 1. The Bertz CT molecular complexity index is 1350. The molecule has 1 aliphatic rings. The Balaban J connectivity index is 1.41. The van der Waals surface area contributed by atoms with E-state index >= 15 is 0 Å². The van der Waals surface area contributed by atoms with Crippen LogP contribution in [0.3, 0.4) is 0 Å². The molecular formula is C30H34N2O4S. The molecule has 0 radical (unpaired) electrons. The van der Waals surface area contributed by atoms with Gasteiger partial charge in [0.15, 0.2) is 9.84 Å². The van der Waals surface area contributed by atoms with E-state index in [0.29, 0.717) is 24.4 Å². The van der Waals surface area contributed by atoms with E-state index in [2.05, 4.69) is 41.4 Å². The van der Waals surface area contributed by atoms with Crippen LogP contribution >= 0.6 is 0 Å². The van der Waals surface area contributed by atoms with E-state index in [1.54, 1.807) is 38.1 Å². The number of hydrogen-bond acceptors (Lipinski definition) is 5. The van der Waals surface area contributed by atoms with Gasteiger partial charge in [0.2, 0.25) is 0 Å². The molecule has 0 spiro atoms. The molecule has 2 atom stereocenters. The maximum absolute atomic E-state index is 12.7. The highest BCUT2D eigenvalue weighted by Gasteiger charge is 2.33. The van der Waals surface area contributed by atoms with Crippen molar-refractivity contribution < 1.29 is 18.0 Å². The molecule has 1 saturated heterocycles. The number of rotatable bonds is 9. The van der Waals surface area contributed by atoms with Crippen LogP contribution in [0.5, 0.6) is 0 Å². The Labute approximate surface area is 219 Å². The second-order valence-corrected chi connectivity index (χ2v) is 12.1. The molecule has 0 saturated carbocycles. The van der Waals surface area contributed by atoms with Crippen LogP contribution < -0.4 is 10.2 Å². The molecule has 0 aliphatic carbocycles. The standard InChI is InChI=1S/C30H34N2O4S/c1-4-37(35,36)29-15-7-23(8-16-29)19-31-30(34)25-11-13-27(14-12-25)32-20-26(18-28(32)17-22(3)33)24-9-5-21(2)6-10-24/h5-16,26,28H,4,17-20H2,1-3H3,(H,31,34)/t26?,28-/m1/s1. The summed E-state index contributed by atoms with van der Waals surface area (Å²) in [6.45, 7) is 6.47. The van der Waals surface area contributed by atoms with Gasteiger partial charge in [-0.3, -0.25) is 9.59 Å². The van der Waals surface area contributed by atoms with E-state index in [9.17, 15) is 18.0 Å². The number of anilines is 1. The molecule has 6 nitrogen and oxygen atoms in total. The van der Waals surface area contributed by atoms with Gasteiger partial charge in [0.25, 0.3) is 5.91 Å². The number of carbonyl (C=O) groups is 2. The summed E-state index contributed by atoms with van der Waals surface area (Å²) >= 11 is 0. The van der Waals surface area contributed by atoms with Gasteiger partial charge in [-0.1, -0.05) is 48.9 Å². The van der Waals surface area contributed by atoms with E-state index in [0.717, 1.165) is 24.2 Å². The first kappa shape index (κ1) is 26.6. The van der Waals surface area contributed by atoms with Crippen LogP contribution in [0.4, 0.5) is 5.69 Å². The zero-order valence-electron chi connectivity index (χ0n) is 21.6. The summed E-state index contributed by atoms with van der Waals surface area (Å²) in [5.41, 5.74) is 4.90. The molecule has 1 fully saturated rings. The van der Waals surface area contributed by atoms with Crippen LogP contribution in [0.1, 0.15) is 59.7 Å². The fourth-order valence-corrected chi connectivity index (χ4v) is 5.79. The van der Waals surface area contributed by atoms with Crippen molar-refractivity contribution in [3.8, 4) is 0 Å². The van der Waals surface area contributed by atoms with Crippen LogP contribution in [-0.2, 0) is 21.2 Å². The average molecular weight is 519 g/mol. The SMILES string of the molecule is CCS(=O)(=O)c1ccc(CNC(=O)c2ccc(N3CC(c4ccc(C)cc4)C[C@H]3CC(C)=O)cc2)cc1. The van der Waals surface area contributed by atoms with E-state index in [-0.39, 0.29) is 28.4 Å². The second kappa shape index (κ2) is 11.3. The molecule has 1 heterocycles. The van der Waals surface area contributed by atoms with E-state index in [1.807, 2.05) is 24.3 Å². The van der Waals surface area contributed by atoms with Gasteiger partial charge < -0.3 is 10.2 Å². The van der Waals surface area contributed by atoms with Crippen LogP contribution in [0.15, 0.2) is 77.7 Å². The number of sulfone groups is 1. The topological polar surface area (TPSA) is 83.6 Å². The number of aryl methyl sites for hydroxylation is 1. The molecule has 0 bridgehead atoms. The third kappa shape index (κ3) is 6.46. The first-order valence-corrected chi connectivity index (χ1v) is 14.3. The zero-order valence-corrected chi connectivity index (χ0v) is 22.4. The Morgan fingerprint density at radius 2 is 1.59 bits per heavy atom. The molecule has 194 valence electrons. The number of ketones is 1. The Hall–Kier alpha value is -3.45. The second-order valence-electron chi connectivity index (χ2n) is 9.83. The minimum Gasteiger partial charge on any atom is -0.367 e. The van der Waals surface area contributed by atoms with E-state index in [1.165, 1.54) is 11.1 Å². The lowest BCUT2D eigenvalue weighted by Gasteiger charge is -2.26. The molecule has 7 heteroatoms. The first-order valence-electron chi connectivity index (χ1n) is 12.7. The predicted octanol–water partition coefficient (Wildman–Crippen LogP) is 5.06. The minimum absolute atomic E-state index is 0.0542. The van der Waals surface area contributed by atoms with Crippen LogP contribution in [0.2, 0.25) is 0 Å². The summed E-state index contributed by atoms with van der Waals surface area (Å²) in [6, 6.07) is 22.9. The lowest BCUT2D eigenvalue weighted by atomic mass is 9.94. The summed E-state index contributed by atoms with van der Waals surface area (Å²) in [5.74, 6) is 0.386. The van der Waals surface area contributed by atoms with Crippen LogP contribution in [0, 0.1) is 6.92 Å². The summed E-state index contributed by atoms with van der Waals surface area (Å²) in [7, 11) is -3.24. The molecule has 1 amide bonds. The molecule has 1 N–H and O–H groups in total. The van der Waals surface area contributed by atoms with Crippen molar-refractivity contribution >= 4 is 27.2 Å². The van der Waals surface area contributed by atoms with E-state index in [4.69, 9.17) is 0 Å². The number of hydrogen-bond donors (Lipinski definition) is 1. The van der Waals surface area contributed by atoms with E-state index < -0.39 is 9.84 Å². The average Bonchev–Trinajstić information content (AvgIpc) is 3.31. The van der Waals surface area contributed by atoms with Crippen molar-refractivity contribution in [2.24, 2.45) is 0 Å². The van der Waals surface area contributed by atoms with Gasteiger partial charge in [-0.15, -0.1) is 0 Å². The first-order chi connectivity index (χ1) is 17.7. The third-order valence-electron chi connectivity index (χ3n) is 7.06. The minimum atomic E-state index is -3.24. The van der Waals surface area contributed by atoms with Crippen molar-refractivity contribution in [2.75, 3.05) is 17.2 Å². The molecule has 0 aromatic heterocycles. The van der Waals surface area contributed by atoms with Gasteiger partial charge in [-0.25, -0.2) is 8.42 Å². The smallest absolute Gasteiger partial charge is 0.251 e. The number of Topliss-reactive ketones (excluding diaryl/α,β-unsaturated/α-hetero) is 1. The van der Waals surface area contributed by atoms with Crippen molar-refractivity contribution in [2.45, 2.75) is 57.0 Å². The molecular weight excluding hydrogens is 484 g/mol. The Morgan fingerprint density at radius 1 is 0.946 bits per heavy atom. The van der Waals surface area contributed by atoms with Gasteiger partial charge >= 0.3 is 0 Å². The number of nitrogens with zero attached hydrogens (tertiary/aromatic N) is 1. The number of benzene rings is 3. The summed E-state index contributed by atoms with van der Waals surface area (Å²) < 4.78 is 23.9. The maximum Gasteiger partial charge on any atom is 0.251 e. The highest BCUT2D eigenvalue weighted by Crippen LogP contribution is 2.36. The zero-order chi connectivity index (χ0) is 26.6. The maximum atomic E-state index is 12.7. The highest BCUT2D eigenvalue weighted by molar-refractivity contribution is 7.91. The van der Waals surface area contributed by atoms with Crippen molar-refractivity contribution in [3.05, 3.63) is 95.1 Å². The normalized spacial score (nSPS) is 17.5. The molecule has 1 aliphatic heterocycles. The van der Waals surface area contributed by atoms with Gasteiger partial charge in [0.05, 0.1) is 10.6 Å². The Kier molecular flexibility index (Phi) is 8.13. The molecule has 3 aromatic carbocycles. The molecule has 3 aromatic rings. The van der Waals surface area contributed by atoms with Crippen molar-refractivity contribution in [1.29, 1.82) is 0 Å².